The molecule has 0 unspecified atom stereocenters. The third-order valence-electron chi connectivity index (χ3n) is 2.02. The molecule has 14 heavy (non-hydrogen) atoms. The molecular weight excluding hydrogens is 181 g/mol. The van der Waals surface area contributed by atoms with E-state index >= 15 is 0 Å². The molecule has 0 aromatic heterocycles. The Hall–Kier alpha value is -1.38. The van der Waals surface area contributed by atoms with Gasteiger partial charge in [0.2, 0.25) is 0 Å². The number of benzene rings is 1. The second-order valence-corrected chi connectivity index (χ2v) is 3.44. The number of hydrogen-bond acceptors (Lipinski definition) is 1. The molecule has 0 radical (unpaired) electrons. The van der Waals surface area contributed by atoms with Gasteiger partial charge in [-0.25, -0.2) is 4.39 Å². The minimum absolute atomic E-state index is 0.0666. The molecular formula is C11H14FNO. The van der Waals surface area contributed by atoms with Gasteiger partial charge in [0, 0.05) is 19.7 Å². The maximum absolute atomic E-state index is 12.8. The van der Waals surface area contributed by atoms with Gasteiger partial charge in [-0.3, -0.25) is 4.79 Å². The second kappa shape index (κ2) is 4.22. The van der Waals surface area contributed by atoms with E-state index in [0.29, 0.717) is 11.1 Å². The van der Waals surface area contributed by atoms with Crippen molar-refractivity contribution < 1.29 is 9.18 Å². The average molecular weight is 195 g/mol. The van der Waals surface area contributed by atoms with Gasteiger partial charge in [0.25, 0.3) is 5.91 Å². The van der Waals surface area contributed by atoms with E-state index in [2.05, 4.69) is 0 Å². The van der Waals surface area contributed by atoms with Crippen LogP contribution in [0.2, 0.25) is 0 Å². The van der Waals surface area contributed by atoms with Crippen molar-refractivity contribution in [3.63, 3.8) is 0 Å². The lowest BCUT2D eigenvalue weighted by Crippen LogP contribution is -2.21. The van der Waals surface area contributed by atoms with Gasteiger partial charge in [0.1, 0.15) is 6.17 Å². The summed E-state index contributed by atoms with van der Waals surface area (Å²) in [5.41, 5.74) is 1.18. The average Bonchev–Trinajstić information content (AvgIpc) is 2.16. The number of carbonyl (C=O) groups excluding carboxylic acids is 1. The van der Waals surface area contributed by atoms with Crippen LogP contribution in [-0.2, 0) is 0 Å². The molecule has 76 valence electrons. The molecule has 3 heteroatoms. The smallest absolute Gasteiger partial charge is 0.253 e. The summed E-state index contributed by atoms with van der Waals surface area (Å²) in [6.07, 6.45) is -0.987. The SMILES string of the molecule is C[C@H](F)c1ccc(C(=O)N(C)C)cc1. The second-order valence-electron chi connectivity index (χ2n) is 3.44. The summed E-state index contributed by atoms with van der Waals surface area (Å²) in [7, 11) is 3.38. The van der Waals surface area contributed by atoms with Crippen molar-refractivity contribution in [2.75, 3.05) is 14.1 Å². The highest BCUT2D eigenvalue weighted by Gasteiger charge is 2.08. The Kier molecular flexibility index (Phi) is 3.23. The van der Waals surface area contributed by atoms with Crippen LogP contribution in [0.5, 0.6) is 0 Å². The number of rotatable bonds is 2. The zero-order valence-corrected chi connectivity index (χ0v) is 8.62. The fraction of sp³-hybridized carbons (Fsp3) is 0.364. The predicted octanol–water partition coefficient (Wildman–Crippen LogP) is 2.42. The lowest BCUT2D eigenvalue weighted by Gasteiger charge is -2.10. The largest absolute Gasteiger partial charge is 0.345 e. The summed E-state index contributed by atoms with van der Waals surface area (Å²) >= 11 is 0. The Labute approximate surface area is 83.3 Å². The monoisotopic (exact) mass is 195 g/mol. The number of nitrogens with zero attached hydrogens (tertiary/aromatic N) is 1. The van der Waals surface area contributed by atoms with E-state index in [4.69, 9.17) is 0 Å². The number of amides is 1. The summed E-state index contributed by atoms with van der Waals surface area (Å²) < 4.78 is 12.8. The molecule has 0 bridgehead atoms. The quantitative estimate of drug-likeness (QED) is 0.709. The van der Waals surface area contributed by atoms with Crippen LogP contribution in [0, 0.1) is 0 Å². The van der Waals surface area contributed by atoms with Gasteiger partial charge in [0.05, 0.1) is 0 Å². The summed E-state index contributed by atoms with van der Waals surface area (Å²) in [5.74, 6) is -0.0666. The van der Waals surface area contributed by atoms with Crippen molar-refractivity contribution in [3.8, 4) is 0 Å². The first-order valence-corrected chi connectivity index (χ1v) is 4.48. The number of alkyl halides is 1. The van der Waals surface area contributed by atoms with Gasteiger partial charge < -0.3 is 4.90 Å². The van der Waals surface area contributed by atoms with E-state index in [9.17, 15) is 9.18 Å². The Morgan fingerprint density at radius 1 is 1.29 bits per heavy atom. The minimum atomic E-state index is -0.987. The number of carbonyl (C=O) groups is 1. The molecule has 0 N–H and O–H groups in total. The molecule has 0 aliphatic carbocycles. The van der Waals surface area contributed by atoms with E-state index < -0.39 is 6.17 Å². The third-order valence-corrected chi connectivity index (χ3v) is 2.02. The van der Waals surface area contributed by atoms with E-state index in [1.807, 2.05) is 0 Å². The molecule has 0 spiro atoms. The summed E-state index contributed by atoms with van der Waals surface area (Å²) in [6.45, 7) is 1.47. The lowest BCUT2D eigenvalue weighted by molar-refractivity contribution is 0.0827. The first kappa shape index (κ1) is 10.7. The summed E-state index contributed by atoms with van der Waals surface area (Å²) in [4.78, 5) is 13.0. The number of hydrogen-bond donors (Lipinski definition) is 0. The van der Waals surface area contributed by atoms with Crippen LogP contribution in [0.15, 0.2) is 24.3 Å². The zero-order chi connectivity index (χ0) is 10.7. The van der Waals surface area contributed by atoms with Crippen molar-refractivity contribution in [1.82, 2.24) is 4.90 Å². The minimum Gasteiger partial charge on any atom is -0.345 e. The highest BCUT2D eigenvalue weighted by atomic mass is 19.1. The first-order valence-electron chi connectivity index (χ1n) is 4.48. The summed E-state index contributed by atoms with van der Waals surface area (Å²) in [5, 5.41) is 0. The molecule has 2 nitrogen and oxygen atoms in total. The van der Waals surface area contributed by atoms with E-state index in [1.165, 1.54) is 11.8 Å². The van der Waals surface area contributed by atoms with Crippen LogP contribution in [0.4, 0.5) is 4.39 Å². The topological polar surface area (TPSA) is 20.3 Å². The van der Waals surface area contributed by atoms with Crippen molar-refractivity contribution >= 4 is 5.91 Å². The molecule has 1 aromatic carbocycles. The van der Waals surface area contributed by atoms with Gasteiger partial charge >= 0.3 is 0 Å². The highest BCUT2D eigenvalue weighted by Crippen LogP contribution is 2.16. The maximum Gasteiger partial charge on any atom is 0.253 e. The van der Waals surface area contributed by atoms with Crippen molar-refractivity contribution in [1.29, 1.82) is 0 Å². The maximum atomic E-state index is 12.8. The van der Waals surface area contributed by atoms with Crippen molar-refractivity contribution in [3.05, 3.63) is 35.4 Å². The fourth-order valence-corrected chi connectivity index (χ4v) is 1.15. The van der Waals surface area contributed by atoms with Crippen LogP contribution in [0.3, 0.4) is 0 Å². The van der Waals surface area contributed by atoms with Gasteiger partial charge in [-0.1, -0.05) is 12.1 Å². The van der Waals surface area contributed by atoms with E-state index in [0.717, 1.165) is 0 Å². The van der Waals surface area contributed by atoms with Crippen molar-refractivity contribution in [2.24, 2.45) is 0 Å². The molecule has 0 heterocycles. The molecule has 0 fully saturated rings. The molecule has 0 saturated carbocycles. The molecule has 0 saturated heterocycles. The van der Waals surface area contributed by atoms with Gasteiger partial charge in [-0.2, -0.15) is 0 Å². The first-order chi connectivity index (χ1) is 6.52. The van der Waals surface area contributed by atoms with Crippen LogP contribution < -0.4 is 0 Å². The highest BCUT2D eigenvalue weighted by molar-refractivity contribution is 5.93. The Balaban J connectivity index is 2.89. The number of halogens is 1. The molecule has 1 rings (SSSR count). The Morgan fingerprint density at radius 2 is 1.79 bits per heavy atom. The molecule has 1 atom stereocenters. The van der Waals surface area contributed by atoms with Crippen molar-refractivity contribution in [2.45, 2.75) is 13.1 Å². The van der Waals surface area contributed by atoms with Gasteiger partial charge in [-0.15, -0.1) is 0 Å². The predicted molar refractivity (Wildman–Crippen MR) is 54.0 cm³/mol. The molecule has 1 aromatic rings. The zero-order valence-electron chi connectivity index (χ0n) is 8.62. The van der Waals surface area contributed by atoms with Crippen LogP contribution in [0.25, 0.3) is 0 Å². The fourth-order valence-electron chi connectivity index (χ4n) is 1.15. The lowest BCUT2D eigenvalue weighted by atomic mass is 10.1. The molecule has 0 aliphatic heterocycles. The normalized spacial score (nSPS) is 12.3. The van der Waals surface area contributed by atoms with Gasteiger partial charge in [0.15, 0.2) is 0 Å². The van der Waals surface area contributed by atoms with Crippen LogP contribution in [0.1, 0.15) is 29.0 Å². The molecule has 0 aliphatic rings. The van der Waals surface area contributed by atoms with E-state index in [-0.39, 0.29) is 5.91 Å². The summed E-state index contributed by atoms with van der Waals surface area (Å²) in [6, 6.07) is 6.57. The Bertz CT molecular complexity index is 317. The Morgan fingerprint density at radius 3 is 2.14 bits per heavy atom. The van der Waals surface area contributed by atoms with Crippen LogP contribution in [-0.4, -0.2) is 24.9 Å². The third kappa shape index (κ3) is 2.31. The van der Waals surface area contributed by atoms with Gasteiger partial charge in [-0.05, 0) is 24.6 Å². The standard InChI is InChI=1S/C11H14FNO/c1-8(12)9-4-6-10(7-5-9)11(14)13(2)3/h4-8H,1-3H3/t8-/m0/s1. The van der Waals surface area contributed by atoms with Crippen LogP contribution >= 0.6 is 0 Å². The van der Waals surface area contributed by atoms with E-state index in [1.54, 1.807) is 38.4 Å². The molecule has 1 amide bonds.